The molecule has 2 N–H and O–H groups in total. The summed E-state index contributed by atoms with van der Waals surface area (Å²) < 4.78 is 18.3. The van der Waals surface area contributed by atoms with Gasteiger partial charge in [-0.25, -0.2) is 4.39 Å². The van der Waals surface area contributed by atoms with Crippen LogP contribution in [0.4, 0.5) is 4.39 Å². The molecule has 1 aromatic rings. The minimum Gasteiger partial charge on any atom is -0.484 e. The van der Waals surface area contributed by atoms with E-state index >= 15 is 0 Å². The van der Waals surface area contributed by atoms with Crippen LogP contribution in [-0.2, 0) is 4.79 Å². The van der Waals surface area contributed by atoms with Gasteiger partial charge in [0, 0.05) is 12.6 Å². The Morgan fingerprint density at radius 3 is 2.91 bits per heavy atom. The molecule has 0 saturated heterocycles. The number of aliphatic hydroxyl groups excluding tert-OH is 1. The van der Waals surface area contributed by atoms with E-state index in [1.165, 1.54) is 24.6 Å². The number of amides is 1. The number of benzene rings is 1. The first-order chi connectivity index (χ1) is 11.1. The first kappa shape index (κ1) is 18.0. The number of halogens is 2. The second kappa shape index (κ2) is 9.08. The molecule has 0 radical (unpaired) electrons. The normalized spacial score (nSPS) is 21.0. The van der Waals surface area contributed by atoms with Crippen LogP contribution in [-0.4, -0.2) is 30.3 Å². The largest absolute Gasteiger partial charge is 0.484 e. The van der Waals surface area contributed by atoms with Crippen LogP contribution in [0, 0.1) is 11.7 Å². The van der Waals surface area contributed by atoms with Crippen LogP contribution in [0.15, 0.2) is 18.2 Å². The van der Waals surface area contributed by atoms with E-state index in [-0.39, 0.29) is 23.6 Å². The lowest BCUT2D eigenvalue weighted by atomic mass is 9.83. The lowest BCUT2D eigenvalue weighted by Gasteiger charge is -2.27. The molecule has 1 aliphatic carbocycles. The van der Waals surface area contributed by atoms with Crippen molar-refractivity contribution in [3.05, 3.63) is 29.0 Å². The lowest BCUT2D eigenvalue weighted by molar-refractivity contribution is -0.123. The number of ether oxygens (including phenoxy) is 1. The van der Waals surface area contributed by atoms with Gasteiger partial charge < -0.3 is 15.2 Å². The Morgan fingerprint density at radius 1 is 1.39 bits per heavy atom. The molecule has 2 rings (SSSR count). The topological polar surface area (TPSA) is 58.6 Å². The Labute approximate surface area is 141 Å². The van der Waals surface area contributed by atoms with Gasteiger partial charge >= 0.3 is 0 Å². The fourth-order valence-corrected chi connectivity index (χ4v) is 3.05. The Hall–Kier alpha value is -1.33. The van der Waals surface area contributed by atoms with Crippen LogP contribution in [0.5, 0.6) is 5.75 Å². The summed E-state index contributed by atoms with van der Waals surface area (Å²) in [5, 5.41) is 12.6. The van der Waals surface area contributed by atoms with Crippen LogP contribution in [0.2, 0.25) is 5.02 Å². The van der Waals surface area contributed by atoms with Crippen molar-refractivity contribution in [1.82, 2.24) is 5.32 Å². The molecule has 4 nitrogen and oxygen atoms in total. The summed E-state index contributed by atoms with van der Waals surface area (Å²) >= 11 is 5.64. The number of aliphatic hydroxyl groups is 1. The molecular formula is C17H23ClFNO3. The molecule has 0 unspecified atom stereocenters. The highest BCUT2D eigenvalue weighted by Gasteiger charge is 2.22. The average Bonchev–Trinajstić information content (AvgIpc) is 2.54. The van der Waals surface area contributed by atoms with Crippen molar-refractivity contribution in [2.45, 2.75) is 44.6 Å². The standard InChI is InChI=1S/C17H23ClFNO3/c18-14-10-13(7-8-15(14)19)23-11-17(22)20-9-3-5-12-4-1-2-6-16(12)21/h7-8,10,12,16,21H,1-6,9,11H2,(H,20,22)/t12-,16-/m0/s1. The molecule has 128 valence electrons. The predicted molar refractivity (Wildman–Crippen MR) is 87.1 cm³/mol. The van der Waals surface area contributed by atoms with Gasteiger partial charge in [0.05, 0.1) is 11.1 Å². The zero-order valence-corrected chi connectivity index (χ0v) is 13.8. The van der Waals surface area contributed by atoms with Gasteiger partial charge in [0.2, 0.25) is 0 Å². The second-order valence-electron chi connectivity index (χ2n) is 5.97. The fourth-order valence-electron chi connectivity index (χ4n) is 2.88. The number of carbonyl (C=O) groups is 1. The number of hydrogen-bond donors (Lipinski definition) is 2. The molecule has 1 saturated carbocycles. The highest BCUT2D eigenvalue weighted by Crippen LogP contribution is 2.27. The van der Waals surface area contributed by atoms with Gasteiger partial charge in [0.25, 0.3) is 5.91 Å². The molecule has 0 bridgehead atoms. The summed E-state index contributed by atoms with van der Waals surface area (Å²) in [6.07, 6.45) is 5.84. The Morgan fingerprint density at radius 2 is 2.17 bits per heavy atom. The van der Waals surface area contributed by atoms with E-state index in [0.717, 1.165) is 32.1 Å². The van der Waals surface area contributed by atoms with Gasteiger partial charge in [-0.3, -0.25) is 4.79 Å². The maximum absolute atomic E-state index is 13.0. The number of carbonyl (C=O) groups excluding carboxylic acids is 1. The van der Waals surface area contributed by atoms with E-state index in [1.54, 1.807) is 0 Å². The van der Waals surface area contributed by atoms with E-state index < -0.39 is 5.82 Å². The maximum atomic E-state index is 13.0. The van der Waals surface area contributed by atoms with Crippen molar-refractivity contribution in [2.75, 3.05) is 13.2 Å². The van der Waals surface area contributed by atoms with Gasteiger partial charge in [-0.05, 0) is 43.7 Å². The Balaban J connectivity index is 1.60. The average molecular weight is 344 g/mol. The summed E-state index contributed by atoms with van der Waals surface area (Å²) in [6.45, 7) is 0.434. The molecule has 0 heterocycles. The SMILES string of the molecule is O=C(COc1ccc(F)c(Cl)c1)NCCC[C@@H]1CCCC[C@@H]1O. The highest BCUT2D eigenvalue weighted by atomic mass is 35.5. The van der Waals surface area contributed by atoms with Crippen molar-refractivity contribution >= 4 is 17.5 Å². The minimum atomic E-state index is -0.520. The van der Waals surface area contributed by atoms with Crippen molar-refractivity contribution in [1.29, 1.82) is 0 Å². The zero-order chi connectivity index (χ0) is 16.7. The summed E-state index contributed by atoms with van der Waals surface area (Å²) in [5.74, 6) is -0.0295. The molecule has 23 heavy (non-hydrogen) atoms. The van der Waals surface area contributed by atoms with E-state index in [2.05, 4.69) is 5.32 Å². The van der Waals surface area contributed by atoms with Crippen molar-refractivity contribution in [3.63, 3.8) is 0 Å². The zero-order valence-electron chi connectivity index (χ0n) is 13.1. The van der Waals surface area contributed by atoms with Gasteiger partial charge in [0.1, 0.15) is 11.6 Å². The third kappa shape index (κ3) is 5.99. The summed E-state index contributed by atoms with van der Waals surface area (Å²) in [7, 11) is 0. The highest BCUT2D eigenvalue weighted by molar-refractivity contribution is 6.30. The number of hydrogen-bond acceptors (Lipinski definition) is 3. The third-order valence-electron chi connectivity index (χ3n) is 4.20. The van der Waals surface area contributed by atoms with Crippen molar-refractivity contribution < 1.29 is 19.0 Å². The molecule has 1 amide bonds. The number of rotatable bonds is 7. The van der Waals surface area contributed by atoms with Crippen LogP contribution in [0.3, 0.4) is 0 Å². The van der Waals surface area contributed by atoms with E-state index in [0.29, 0.717) is 18.2 Å². The quantitative estimate of drug-likeness (QED) is 0.747. The summed E-state index contributed by atoms with van der Waals surface area (Å²) in [4.78, 5) is 11.7. The van der Waals surface area contributed by atoms with E-state index in [1.807, 2.05) is 0 Å². The van der Waals surface area contributed by atoms with Gasteiger partial charge in [-0.1, -0.05) is 24.4 Å². The fraction of sp³-hybridized carbons (Fsp3) is 0.588. The maximum Gasteiger partial charge on any atom is 0.257 e. The second-order valence-corrected chi connectivity index (χ2v) is 6.38. The molecule has 6 heteroatoms. The number of nitrogens with one attached hydrogen (secondary N) is 1. The molecule has 1 aromatic carbocycles. The molecule has 1 aliphatic rings. The first-order valence-electron chi connectivity index (χ1n) is 8.09. The van der Waals surface area contributed by atoms with Crippen molar-refractivity contribution in [2.24, 2.45) is 5.92 Å². The summed E-state index contributed by atoms with van der Waals surface area (Å²) in [6, 6.07) is 3.97. The van der Waals surface area contributed by atoms with Gasteiger partial charge in [-0.2, -0.15) is 0 Å². The molecule has 0 spiro atoms. The molecule has 0 aliphatic heterocycles. The van der Waals surface area contributed by atoms with Crippen molar-refractivity contribution in [3.8, 4) is 5.75 Å². The van der Waals surface area contributed by atoms with Crippen LogP contribution in [0.25, 0.3) is 0 Å². The van der Waals surface area contributed by atoms with E-state index in [4.69, 9.17) is 16.3 Å². The van der Waals surface area contributed by atoms with Crippen LogP contribution in [0.1, 0.15) is 38.5 Å². The molecule has 1 fully saturated rings. The smallest absolute Gasteiger partial charge is 0.257 e. The van der Waals surface area contributed by atoms with E-state index in [9.17, 15) is 14.3 Å². The van der Waals surface area contributed by atoms with Gasteiger partial charge in [0.15, 0.2) is 6.61 Å². The van der Waals surface area contributed by atoms with Crippen LogP contribution >= 0.6 is 11.6 Å². The first-order valence-corrected chi connectivity index (χ1v) is 8.46. The molecule has 2 atom stereocenters. The monoisotopic (exact) mass is 343 g/mol. The Kier molecular flexibility index (Phi) is 7.12. The lowest BCUT2D eigenvalue weighted by Crippen LogP contribution is -2.31. The molecule has 0 aromatic heterocycles. The third-order valence-corrected chi connectivity index (χ3v) is 4.49. The predicted octanol–water partition coefficient (Wildman–Crippen LogP) is 3.31. The molecular weight excluding hydrogens is 321 g/mol. The van der Waals surface area contributed by atoms with Gasteiger partial charge in [-0.15, -0.1) is 0 Å². The Bertz CT molecular complexity index is 527. The summed E-state index contributed by atoms with van der Waals surface area (Å²) in [5.41, 5.74) is 0. The minimum absolute atomic E-state index is 0.0334. The van der Waals surface area contributed by atoms with Crippen LogP contribution < -0.4 is 10.1 Å².